The van der Waals surface area contributed by atoms with Crippen LogP contribution < -0.4 is 11.1 Å². The number of nitrogens with two attached hydrogens (primary N) is 1. The first-order chi connectivity index (χ1) is 6.10. The molecule has 0 rings (SSSR count). The molecule has 0 bridgehead atoms. The standard InChI is InChI=1S/C7H18N2O4/c1-9-6(8)7(12,5-11)13-4-2-3-10/h6,9-12H,2-5,8H2,1H3. The lowest BCUT2D eigenvalue weighted by Crippen LogP contribution is -2.59. The molecule has 0 amide bonds. The molecule has 0 aliphatic carbocycles. The Morgan fingerprint density at radius 1 is 1.54 bits per heavy atom. The Balaban J connectivity index is 3.95. The van der Waals surface area contributed by atoms with Crippen LogP contribution in [0.2, 0.25) is 0 Å². The van der Waals surface area contributed by atoms with Gasteiger partial charge in [0.15, 0.2) is 0 Å². The number of aliphatic hydroxyl groups is 3. The van der Waals surface area contributed by atoms with E-state index in [0.717, 1.165) is 0 Å². The smallest absolute Gasteiger partial charge is 0.218 e. The third-order valence-corrected chi connectivity index (χ3v) is 1.68. The summed E-state index contributed by atoms with van der Waals surface area (Å²) < 4.78 is 4.93. The van der Waals surface area contributed by atoms with E-state index >= 15 is 0 Å². The number of hydrogen-bond donors (Lipinski definition) is 5. The highest BCUT2D eigenvalue weighted by molar-refractivity contribution is 4.77. The minimum Gasteiger partial charge on any atom is -0.396 e. The minimum absolute atomic E-state index is 0.0314. The second-order valence-electron chi connectivity index (χ2n) is 2.69. The molecule has 0 spiro atoms. The zero-order valence-electron chi connectivity index (χ0n) is 7.73. The van der Waals surface area contributed by atoms with Crippen LogP contribution in [0.3, 0.4) is 0 Å². The van der Waals surface area contributed by atoms with Crippen molar-refractivity contribution in [1.82, 2.24) is 5.32 Å². The van der Waals surface area contributed by atoms with Gasteiger partial charge in [-0.05, 0) is 13.5 Å². The zero-order chi connectivity index (χ0) is 10.3. The van der Waals surface area contributed by atoms with Crippen molar-refractivity contribution in [2.75, 3.05) is 26.9 Å². The van der Waals surface area contributed by atoms with E-state index in [1.807, 2.05) is 0 Å². The van der Waals surface area contributed by atoms with E-state index < -0.39 is 18.6 Å². The normalized spacial score (nSPS) is 18.2. The van der Waals surface area contributed by atoms with Gasteiger partial charge >= 0.3 is 0 Å². The average Bonchev–Trinajstić information content (AvgIpc) is 2.16. The molecule has 0 aromatic rings. The third-order valence-electron chi connectivity index (χ3n) is 1.68. The van der Waals surface area contributed by atoms with Crippen LogP contribution in [0.4, 0.5) is 0 Å². The number of aliphatic hydroxyl groups excluding tert-OH is 2. The van der Waals surface area contributed by atoms with Crippen LogP contribution in [0.1, 0.15) is 6.42 Å². The molecule has 0 aliphatic heterocycles. The molecule has 0 aromatic carbocycles. The van der Waals surface area contributed by atoms with Gasteiger partial charge in [-0.2, -0.15) is 0 Å². The summed E-state index contributed by atoms with van der Waals surface area (Å²) in [5, 5.41) is 29.4. The van der Waals surface area contributed by atoms with Crippen LogP contribution in [0.25, 0.3) is 0 Å². The van der Waals surface area contributed by atoms with Gasteiger partial charge in [-0.3, -0.25) is 0 Å². The molecule has 0 aromatic heterocycles. The van der Waals surface area contributed by atoms with Crippen molar-refractivity contribution in [1.29, 1.82) is 0 Å². The summed E-state index contributed by atoms with van der Waals surface area (Å²) in [4.78, 5) is 0. The summed E-state index contributed by atoms with van der Waals surface area (Å²) in [5.41, 5.74) is 5.44. The van der Waals surface area contributed by atoms with Gasteiger partial charge in [0.2, 0.25) is 5.79 Å². The SMILES string of the molecule is CNC(N)C(O)(CO)OCCCO. The van der Waals surface area contributed by atoms with Gasteiger partial charge in [-0.15, -0.1) is 0 Å². The average molecular weight is 194 g/mol. The molecule has 0 aliphatic rings. The minimum atomic E-state index is -1.79. The van der Waals surface area contributed by atoms with Crippen LogP contribution in [0, 0.1) is 0 Å². The highest BCUT2D eigenvalue weighted by atomic mass is 16.6. The Morgan fingerprint density at radius 2 is 2.15 bits per heavy atom. The van der Waals surface area contributed by atoms with E-state index in [4.69, 9.17) is 20.7 Å². The van der Waals surface area contributed by atoms with Crippen LogP contribution in [0.15, 0.2) is 0 Å². The second kappa shape index (κ2) is 6.25. The highest BCUT2D eigenvalue weighted by Gasteiger charge is 2.33. The number of likely N-dealkylation sites (N-methyl/N-ethyl adjacent to an activating group) is 1. The molecular formula is C7H18N2O4. The monoisotopic (exact) mass is 194 g/mol. The Hall–Kier alpha value is -0.240. The predicted molar refractivity (Wildman–Crippen MR) is 46.7 cm³/mol. The molecule has 6 nitrogen and oxygen atoms in total. The molecule has 0 fully saturated rings. The predicted octanol–water partition coefficient (Wildman–Crippen LogP) is -2.43. The van der Waals surface area contributed by atoms with E-state index in [1.54, 1.807) is 7.05 Å². The van der Waals surface area contributed by atoms with Crippen LogP contribution in [-0.4, -0.2) is 54.1 Å². The van der Waals surface area contributed by atoms with Gasteiger partial charge in [0.05, 0.1) is 6.61 Å². The summed E-state index contributed by atoms with van der Waals surface area (Å²) in [5.74, 6) is -1.79. The van der Waals surface area contributed by atoms with Gasteiger partial charge in [-0.1, -0.05) is 0 Å². The van der Waals surface area contributed by atoms with Crippen molar-refractivity contribution in [3.63, 3.8) is 0 Å². The van der Waals surface area contributed by atoms with Gasteiger partial charge in [0.25, 0.3) is 0 Å². The fraction of sp³-hybridized carbons (Fsp3) is 1.00. The molecule has 0 saturated heterocycles. The molecule has 80 valence electrons. The van der Waals surface area contributed by atoms with Crippen molar-refractivity contribution in [3.8, 4) is 0 Å². The van der Waals surface area contributed by atoms with Crippen LogP contribution in [-0.2, 0) is 4.74 Å². The first-order valence-electron chi connectivity index (χ1n) is 4.11. The lowest BCUT2D eigenvalue weighted by atomic mass is 10.2. The van der Waals surface area contributed by atoms with Gasteiger partial charge in [0, 0.05) is 6.61 Å². The molecule has 2 unspecified atom stereocenters. The summed E-state index contributed by atoms with van der Waals surface area (Å²) in [6.07, 6.45) is -0.477. The van der Waals surface area contributed by atoms with Crippen LogP contribution >= 0.6 is 0 Å². The fourth-order valence-electron chi connectivity index (χ4n) is 0.773. The van der Waals surface area contributed by atoms with E-state index in [-0.39, 0.29) is 13.2 Å². The van der Waals surface area contributed by atoms with Crippen LogP contribution in [0.5, 0.6) is 0 Å². The summed E-state index contributed by atoms with van der Waals surface area (Å²) in [6.45, 7) is -0.486. The van der Waals surface area contributed by atoms with Crippen molar-refractivity contribution in [2.45, 2.75) is 18.4 Å². The maximum atomic E-state index is 9.57. The van der Waals surface area contributed by atoms with Crippen molar-refractivity contribution in [2.24, 2.45) is 5.73 Å². The molecule has 13 heavy (non-hydrogen) atoms. The molecule has 2 atom stereocenters. The Kier molecular flexibility index (Phi) is 6.13. The quantitative estimate of drug-likeness (QED) is 0.228. The first kappa shape index (κ1) is 12.8. The van der Waals surface area contributed by atoms with Gasteiger partial charge in [-0.25, -0.2) is 0 Å². The van der Waals surface area contributed by atoms with E-state index in [9.17, 15) is 5.11 Å². The highest BCUT2D eigenvalue weighted by Crippen LogP contribution is 2.08. The van der Waals surface area contributed by atoms with E-state index in [2.05, 4.69) is 5.32 Å². The first-order valence-corrected chi connectivity index (χ1v) is 4.11. The summed E-state index contributed by atoms with van der Waals surface area (Å²) in [7, 11) is 1.54. The number of rotatable bonds is 7. The number of hydrogen-bond acceptors (Lipinski definition) is 6. The maximum Gasteiger partial charge on any atom is 0.218 e. The largest absolute Gasteiger partial charge is 0.396 e. The van der Waals surface area contributed by atoms with Crippen molar-refractivity contribution >= 4 is 0 Å². The fourth-order valence-corrected chi connectivity index (χ4v) is 0.773. The molecule has 6 heteroatoms. The summed E-state index contributed by atoms with van der Waals surface area (Å²) in [6, 6.07) is 0. The van der Waals surface area contributed by atoms with Gasteiger partial charge < -0.3 is 31.1 Å². The topological polar surface area (TPSA) is 108 Å². The lowest BCUT2D eigenvalue weighted by Gasteiger charge is -2.31. The Morgan fingerprint density at radius 3 is 2.54 bits per heavy atom. The van der Waals surface area contributed by atoms with Crippen molar-refractivity contribution < 1.29 is 20.1 Å². The molecule has 6 N–H and O–H groups in total. The van der Waals surface area contributed by atoms with Crippen molar-refractivity contribution in [3.05, 3.63) is 0 Å². The number of ether oxygens (including phenoxy) is 1. The van der Waals surface area contributed by atoms with Gasteiger partial charge in [0.1, 0.15) is 12.8 Å². The lowest BCUT2D eigenvalue weighted by molar-refractivity contribution is -0.240. The second-order valence-corrected chi connectivity index (χ2v) is 2.69. The molecular weight excluding hydrogens is 176 g/mol. The zero-order valence-corrected chi connectivity index (χ0v) is 7.73. The third kappa shape index (κ3) is 3.99. The van der Waals surface area contributed by atoms with E-state index in [1.165, 1.54) is 0 Å². The Labute approximate surface area is 77.3 Å². The Bertz CT molecular complexity index is 136. The molecule has 0 heterocycles. The summed E-state index contributed by atoms with van der Waals surface area (Å²) >= 11 is 0. The maximum absolute atomic E-state index is 9.57. The number of nitrogens with one attached hydrogen (secondary N) is 1. The van der Waals surface area contributed by atoms with E-state index in [0.29, 0.717) is 6.42 Å². The molecule has 0 radical (unpaired) electrons. The molecule has 0 saturated carbocycles.